The summed E-state index contributed by atoms with van der Waals surface area (Å²) in [5.41, 5.74) is -0.710. The number of urea groups is 1. The van der Waals surface area contributed by atoms with Crippen molar-refractivity contribution in [1.29, 1.82) is 0 Å². The van der Waals surface area contributed by atoms with E-state index in [4.69, 9.17) is 5.11 Å². The Morgan fingerprint density at radius 1 is 1.16 bits per heavy atom. The molecule has 6 heteroatoms. The minimum absolute atomic E-state index is 0.0637. The molecule has 2 rings (SSSR count). The van der Waals surface area contributed by atoms with Gasteiger partial charge in [0.25, 0.3) is 0 Å². The van der Waals surface area contributed by atoms with E-state index in [0.717, 1.165) is 12.8 Å². The first kappa shape index (κ1) is 14.1. The van der Waals surface area contributed by atoms with E-state index >= 15 is 0 Å². The number of carbonyl (C=O) groups is 2. The Morgan fingerprint density at radius 3 is 2.32 bits per heavy atom. The molecule has 0 saturated carbocycles. The van der Waals surface area contributed by atoms with Crippen molar-refractivity contribution >= 4 is 12.0 Å². The van der Waals surface area contributed by atoms with Crippen molar-refractivity contribution in [1.82, 2.24) is 9.80 Å². The molecule has 2 aliphatic heterocycles. The molecule has 0 spiro atoms. The zero-order valence-corrected chi connectivity index (χ0v) is 11.3. The average molecular weight is 270 g/mol. The van der Waals surface area contributed by atoms with Crippen molar-refractivity contribution in [2.45, 2.75) is 38.7 Å². The number of likely N-dealkylation sites (tertiary alicyclic amines) is 2. The quantitative estimate of drug-likeness (QED) is 0.736. The van der Waals surface area contributed by atoms with Gasteiger partial charge < -0.3 is 20.0 Å². The molecule has 19 heavy (non-hydrogen) atoms. The highest BCUT2D eigenvalue weighted by atomic mass is 16.4. The number of aliphatic hydroxyl groups is 1. The number of β-amino-alcohol motifs (C(OH)–C–C–N with tert-alkyl or cyclic N) is 1. The number of carboxylic acid groups (broad SMARTS) is 1. The van der Waals surface area contributed by atoms with Crippen molar-refractivity contribution in [3.05, 3.63) is 0 Å². The minimum atomic E-state index is -0.784. The monoisotopic (exact) mass is 270 g/mol. The standard InChI is InChI=1S/C13H22N2O4/c1-13(11(17)18)4-7-14(8-5-13)12(19)15-6-2-3-10(16)9-15/h10,16H,2-9H2,1H3,(H,17,18). The molecule has 0 aromatic heterocycles. The number of aliphatic hydroxyl groups excluding tert-OH is 1. The van der Waals surface area contributed by atoms with Crippen LogP contribution < -0.4 is 0 Å². The van der Waals surface area contributed by atoms with Gasteiger partial charge in [0.2, 0.25) is 0 Å². The van der Waals surface area contributed by atoms with Gasteiger partial charge in [-0.3, -0.25) is 4.79 Å². The SMILES string of the molecule is CC1(C(=O)O)CCN(C(=O)N2CCCC(O)C2)CC1. The fourth-order valence-electron chi connectivity index (χ4n) is 2.73. The second-order valence-electron chi connectivity index (χ2n) is 5.88. The van der Waals surface area contributed by atoms with Crippen LogP contribution in [0.4, 0.5) is 4.79 Å². The predicted molar refractivity (Wildman–Crippen MR) is 68.8 cm³/mol. The second-order valence-corrected chi connectivity index (χ2v) is 5.88. The lowest BCUT2D eigenvalue weighted by Crippen LogP contribution is -2.52. The Hall–Kier alpha value is -1.30. The van der Waals surface area contributed by atoms with Crippen LogP contribution in [0.3, 0.4) is 0 Å². The normalized spacial score (nSPS) is 27.2. The molecule has 108 valence electrons. The van der Waals surface area contributed by atoms with E-state index in [1.165, 1.54) is 0 Å². The van der Waals surface area contributed by atoms with Gasteiger partial charge in [0.1, 0.15) is 0 Å². The summed E-state index contributed by atoms with van der Waals surface area (Å²) in [6.07, 6.45) is 2.13. The Bertz CT molecular complexity index is 364. The summed E-state index contributed by atoms with van der Waals surface area (Å²) in [5, 5.41) is 18.8. The van der Waals surface area contributed by atoms with Crippen LogP contribution in [0.1, 0.15) is 32.6 Å². The molecule has 0 aliphatic carbocycles. The number of nitrogens with zero attached hydrogens (tertiary/aromatic N) is 2. The summed E-state index contributed by atoms with van der Waals surface area (Å²) < 4.78 is 0. The summed E-state index contributed by atoms with van der Waals surface area (Å²) in [4.78, 5) is 26.8. The van der Waals surface area contributed by atoms with Gasteiger partial charge in [-0.25, -0.2) is 4.79 Å². The lowest BCUT2D eigenvalue weighted by molar-refractivity contribution is -0.150. The van der Waals surface area contributed by atoms with E-state index in [-0.39, 0.29) is 6.03 Å². The third kappa shape index (κ3) is 3.00. The fourth-order valence-corrected chi connectivity index (χ4v) is 2.73. The lowest BCUT2D eigenvalue weighted by atomic mass is 9.80. The zero-order valence-electron chi connectivity index (χ0n) is 11.3. The summed E-state index contributed by atoms with van der Waals surface area (Å²) in [5.74, 6) is -0.784. The maximum atomic E-state index is 12.3. The van der Waals surface area contributed by atoms with Crippen LogP contribution in [-0.2, 0) is 4.79 Å². The van der Waals surface area contributed by atoms with Crippen molar-refractivity contribution in [3.63, 3.8) is 0 Å². The Kier molecular flexibility index (Phi) is 3.99. The maximum absolute atomic E-state index is 12.3. The third-order valence-electron chi connectivity index (χ3n) is 4.32. The number of aliphatic carboxylic acids is 1. The molecule has 2 fully saturated rings. The Balaban J connectivity index is 1.90. The molecule has 2 aliphatic rings. The van der Waals surface area contributed by atoms with Crippen LogP contribution in [0.25, 0.3) is 0 Å². The van der Waals surface area contributed by atoms with Gasteiger partial charge in [0.05, 0.1) is 11.5 Å². The number of amides is 2. The highest BCUT2D eigenvalue weighted by Crippen LogP contribution is 2.31. The molecule has 6 nitrogen and oxygen atoms in total. The maximum Gasteiger partial charge on any atom is 0.320 e. The van der Waals surface area contributed by atoms with Gasteiger partial charge in [-0.2, -0.15) is 0 Å². The van der Waals surface area contributed by atoms with Crippen LogP contribution in [0, 0.1) is 5.41 Å². The first-order valence-corrected chi connectivity index (χ1v) is 6.88. The Morgan fingerprint density at radius 2 is 1.79 bits per heavy atom. The van der Waals surface area contributed by atoms with Gasteiger partial charge in [-0.1, -0.05) is 0 Å². The number of piperidine rings is 2. The highest BCUT2D eigenvalue weighted by molar-refractivity contribution is 5.77. The van der Waals surface area contributed by atoms with Crippen LogP contribution in [-0.4, -0.2) is 64.3 Å². The average Bonchev–Trinajstić information content (AvgIpc) is 2.38. The van der Waals surface area contributed by atoms with Crippen LogP contribution in [0.2, 0.25) is 0 Å². The largest absolute Gasteiger partial charge is 0.481 e. The molecular weight excluding hydrogens is 248 g/mol. The van der Waals surface area contributed by atoms with E-state index in [1.54, 1.807) is 16.7 Å². The molecule has 2 amide bonds. The number of hydrogen-bond acceptors (Lipinski definition) is 3. The summed E-state index contributed by atoms with van der Waals surface area (Å²) in [6.45, 7) is 3.78. The predicted octanol–water partition coefficient (Wildman–Crippen LogP) is 0.750. The highest BCUT2D eigenvalue weighted by Gasteiger charge is 2.39. The molecule has 2 N–H and O–H groups in total. The van der Waals surface area contributed by atoms with Gasteiger partial charge >= 0.3 is 12.0 Å². The molecular formula is C13H22N2O4. The van der Waals surface area contributed by atoms with E-state index in [9.17, 15) is 14.7 Å². The molecule has 2 heterocycles. The number of carboxylic acids is 1. The lowest BCUT2D eigenvalue weighted by Gasteiger charge is -2.40. The van der Waals surface area contributed by atoms with Crippen molar-refractivity contribution in [2.24, 2.45) is 5.41 Å². The third-order valence-corrected chi connectivity index (χ3v) is 4.32. The number of rotatable bonds is 1. The van der Waals surface area contributed by atoms with Gasteiger partial charge in [0, 0.05) is 26.2 Å². The van der Waals surface area contributed by atoms with Crippen LogP contribution in [0.15, 0.2) is 0 Å². The van der Waals surface area contributed by atoms with E-state index < -0.39 is 17.5 Å². The molecule has 1 atom stereocenters. The van der Waals surface area contributed by atoms with E-state index in [1.807, 2.05) is 0 Å². The molecule has 0 aromatic carbocycles. The van der Waals surface area contributed by atoms with E-state index in [0.29, 0.717) is 39.0 Å². The van der Waals surface area contributed by atoms with Crippen molar-refractivity contribution in [3.8, 4) is 0 Å². The second kappa shape index (κ2) is 5.36. The molecule has 1 unspecified atom stereocenters. The molecule has 0 bridgehead atoms. The van der Waals surface area contributed by atoms with Crippen LogP contribution >= 0.6 is 0 Å². The summed E-state index contributed by atoms with van der Waals surface area (Å²) >= 11 is 0. The van der Waals surface area contributed by atoms with Crippen molar-refractivity contribution in [2.75, 3.05) is 26.2 Å². The summed E-state index contributed by atoms with van der Waals surface area (Å²) in [7, 11) is 0. The van der Waals surface area contributed by atoms with Gasteiger partial charge in [-0.05, 0) is 32.6 Å². The molecule has 2 saturated heterocycles. The van der Waals surface area contributed by atoms with Crippen molar-refractivity contribution < 1.29 is 19.8 Å². The van der Waals surface area contributed by atoms with Gasteiger partial charge in [0.15, 0.2) is 0 Å². The van der Waals surface area contributed by atoms with Gasteiger partial charge in [-0.15, -0.1) is 0 Å². The molecule has 0 aromatic rings. The first-order chi connectivity index (χ1) is 8.92. The summed E-state index contributed by atoms with van der Waals surface area (Å²) in [6, 6.07) is -0.0637. The topological polar surface area (TPSA) is 81.1 Å². The van der Waals surface area contributed by atoms with Crippen LogP contribution in [0.5, 0.6) is 0 Å². The fraction of sp³-hybridized carbons (Fsp3) is 0.846. The minimum Gasteiger partial charge on any atom is -0.481 e. The smallest absolute Gasteiger partial charge is 0.320 e. The Labute approximate surface area is 113 Å². The molecule has 0 radical (unpaired) electrons. The number of hydrogen-bond donors (Lipinski definition) is 2. The number of carbonyl (C=O) groups excluding carboxylic acids is 1. The first-order valence-electron chi connectivity index (χ1n) is 6.88. The van der Waals surface area contributed by atoms with E-state index in [2.05, 4.69) is 0 Å². The zero-order chi connectivity index (χ0) is 14.0.